The maximum Gasteiger partial charge on any atom is 0.0577 e. The van der Waals surface area contributed by atoms with E-state index in [1.165, 1.54) is 16.7 Å². The molecule has 0 aliphatic carbocycles. The Balaban J connectivity index is 2.20. The molecule has 0 bridgehead atoms. The Labute approximate surface area is 128 Å². The van der Waals surface area contributed by atoms with Gasteiger partial charge in [0.15, 0.2) is 0 Å². The summed E-state index contributed by atoms with van der Waals surface area (Å²) in [4.78, 5) is 4.12. The van der Waals surface area contributed by atoms with Crippen molar-refractivity contribution < 1.29 is 0 Å². The van der Waals surface area contributed by atoms with E-state index >= 15 is 0 Å². The van der Waals surface area contributed by atoms with Crippen LogP contribution in [0.5, 0.6) is 0 Å². The van der Waals surface area contributed by atoms with Crippen molar-refractivity contribution in [2.75, 3.05) is 6.54 Å². The molecule has 0 saturated heterocycles. The van der Waals surface area contributed by atoms with Gasteiger partial charge in [-0.2, -0.15) is 0 Å². The number of hydrogen-bond donors (Lipinski definition) is 1. The third-order valence-electron chi connectivity index (χ3n) is 3.59. The molecule has 0 spiro atoms. The smallest absolute Gasteiger partial charge is 0.0577 e. The number of nitrogens with one attached hydrogen (secondary N) is 1. The Morgan fingerprint density at radius 2 is 1.57 bits per heavy atom. The van der Waals surface area contributed by atoms with Gasteiger partial charge in [0, 0.05) is 12.4 Å². The van der Waals surface area contributed by atoms with Crippen LogP contribution < -0.4 is 5.32 Å². The van der Waals surface area contributed by atoms with E-state index in [0.717, 1.165) is 19.4 Å². The van der Waals surface area contributed by atoms with Gasteiger partial charge < -0.3 is 5.32 Å². The summed E-state index contributed by atoms with van der Waals surface area (Å²) < 4.78 is 0. The first-order valence-electron chi connectivity index (χ1n) is 7.92. The predicted octanol–water partition coefficient (Wildman–Crippen LogP) is 4.37. The summed E-state index contributed by atoms with van der Waals surface area (Å²) in [6.07, 6.45) is 6.00. The highest BCUT2D eigenvalue weighted by atomic mass is 14.9. The Morgan fingerprint density at radius 3 is 2.14 bits per heavy atom. The van der Waals surface area contributed by atoms with E-state index in [0.29, 0.717) is 5.92 Å². The largest absolute Gasteiger partial charge is 0.306 e. The average Bonchev–Trinajstić information content (AvgIpc) is 2.50. The van der Waals surface area contributed by atoms with Gasteiger partial charge in [-0.3, -0.25) is 4.98 Å². The SMILES string of the molecule is CCCNC(c1ccncc1)c1ccc(CC(C)C)cc1. The van der Waals surface area contributed by atoms with Crippen molar-refractivity contribution in [1.29, 1.82) is 0 Å². The number of aromatic nitrogens is 1. The molecule has 2 heteroatoms. The van der Waals surface area contributed by atoms with Crippen molar-refractivity contribution in [3.05, 3.63) is 65.5 Å². The zero-order chi connectivity index (χ0) is 15.1. The first-order valence-corrected chi connectivity index (χ1v) is 7.92. The molecule has 0 radical (unpaired) electrons. The Morgan fingerprint density at radius 1 is 0.952 bits per heavy atom. The fourth-order valence-corrected chi connectivity index (χ4v) is 2.59. The molecule has 1 unspecified atom stereocenters. The lowest BCUT2D eigenvalue weighted by Gasteiger charge is -2.20. The maximum absolute atomic E-state index is 4.12. The van der Waals surface area contributed by atoms with Crippen LogP contribution in [0.1, 0.15) is 49.9 Å². The summed E-state index contributed by atoms with van der Waals surface area (Å²) >= 11 is 0. The molecule has 0 amide bonds. The van der Waals surface area contributed by atoms with E-state index in [4.69, 9.17) is 0 Å². The zero-order valence-electron chi connectivity index (χ0n) is 13.3. The first kappa shape index (κ1) is 15.7. The second-order valence-electron chi connectivity index (χ2n) is 6.01. The molecule has 0 fully saturated rings. The number of pyridine rings is 1. The van der Waals surface area contributed by atoms with E-state index in [-0.39, 0.29) is 6.04 Å². The van der Waals surface area contributed by atoms with Gasteiger partial charge in [0.25, 0.3) is 0 Å². The fraction of sp³-hybridized carbons (Fsp3) is 0.421. The van der Waals surface area contributed by atoms with Gasteiger partial charge in [0.1, 0.15) is 0 Å². The summed E-state index contributed by atoms with van der Waals surface area (Å²) in [5.74, 6) is 0.699. The summed E-state index contributed by atoms with van der Waals surface area (Å²) in [7, 11) is 0. The fourth-order valence-electron chi connectivity index (χ4n) is 2.59. The highest BCUT2D eigenvalue weighted by Crippen LogP contribution is 2.22. The third kappa shape index (κ3) is 4.68. The third-order valence-corrected chi connectivity index (χ3v) is 3.59. The minimum absolute atomic E-state index is 0.251. The van der Waals surface area contributed by atoms with Crippen LogP contribution in [0.2, 0.25) is 0 Å². The van der Waals surface area contributed by atoms with Crippen LogP contribution in [0.4, 0.5) is 0 Å². The number of hydrogen-bond acceptors (Lipinski definition) is 2. The lowest BCUT2D eigenvalue weighted by molar-refractivity contribution is 0.597. The lowest BCUT2D eigenvalue weighted by atomic mass is 9.96. The lowest BCUT2D eigenvalue weighted by Crippen LogP contribution is -2.23. The Hall–Kier alpha value is -1.67. The van der Waals surface area contributed by atoms with Gasteiger partial charge in [-0.25, -0.2) is 0 Å². The monoisotopic (exact) mass is 282 g/mol. The van der Waals surface area contributed by atoms with Crippen molar-refractivity contribution in [2.45, 2.75) is 39.7 Å². The standard InChI is InChI=1S/C19H26N2/c1-4-11-21-19(18-9-12-20-13-10-18)17-7-5-16(6-8-17)14-15(2)3/h5-10,12-13,15,19,21H,4,11,14H2,1-3H3. The predicted molar refractivity (Wildman–Crippen MR) is 89.4 cm³/mol. The highest BCUT2D eigenvalue weighted by Gasteiger charge is 2.13. The van der Waals surface area contributed by atoms with Crippen LogP contribution >= 0.6 is 0 Å². The summed E-state index contributed by atoms with van der Waals surface area (Å²) in [5.41, 5.74) is 4.01. The zero-order valence-corrected chi connectivity index (χ0v) is 13.3. The molecule has 2 nitrogen and oxygen atoms in total. The topological polar surface area (TPSA) is 24.9 Å². The van der Waals surface area contributed by atoms with E-state index in [9.17, 15) is 0 Å². The van der Waals surface area contributed by atoms with Crippen LogP contribution in [-0.4, -0.2) is 11.5 Å². The Bertz CT molecular complexity index is 517. The van der Waals surface area contributed by atoms with Gasteiger partial charge >= 0.3 is 0 Å². The number of rotatable bonds is 7. The van der Waals surface area contributed by atoms with Gasteiger partial charge in [-0.15, -0.1) is 0 Å². The molecule has 2 rings (SSSR count). The second-order valence-corrected chi connectivity index (χ2v) is 6.01. The van der Waals surface area contributed by atoms with E-state index in [2.05, 4.69) is 67.5 Å². The molecule has 112 valence electrons. The van der Waals surface area contributed by atoms with Crippen molar-refractivity contribution >= 4 is 0 Å². The van der Waals surface area contributed by atoms with Crippen LogP contribution in [0.3, 0.4) is 0 Å². The minimum atomic E-state index is 0.251. The average molecular weight is 282 g/mol. The molecule has 1 N–H and O–H groups in total. The van der Waals surface area contributed by atoms with Gasteiger partial charge in [0.05, 0.1) is 6.04 Å². The van der Waals surface area contributed by atoms with Gasteiger partial charge in [-0.1, -0.05) is 45.0 Å². The molecule has 21 heavy (non-hydrogen) atoms. The normalized spacial score (nSPS) is 12.6. The van der Waals surface area contributed by atoms with Crippen LogP contribution in [-0.2, 0) is 6.42 Å². The summed E-state index contributed by atoms with van der Waals surface area (Å²) in [6, 6.07) is 13.5. The van der Waals surface area contributed by atoms with Crippen molar-refractivity contribution in [3.8, 4) is 0 Å². The van der Waals surface area contributed by atoms with Gasteiger partial charge in [-0.05, 0) is 54.1 Å². The highest BCUT2D eigenvalue weighted by molar-refractivity contribution is 5.32. The van der Waals surface area contributed by atoms with Crippen LogP contribution in [0.25, 0.3) is 0 Å². The van der Waals surface area contributed by atoms with Crippen molar-refractivity contribution in [2.24, 2.45) is 5.92 Å². The van der Waals surface area contributed by atoms with E-state index < -0.39 is 0 Å². The van der Waals surface area contributed by atoms with Crippen LogP contribution in [0, 0.1) is 5.92 Å². The van der Waals surface area contributed by atoms with E-state index in [1.54, 1.807) is 0 Å². The number of benzene rings is 1. The second kappa shape index (κ2) is 7.94. The molecule has 0 saturated carbocycles. The minimum Gasteiger partial charge on any atom is -0.306 e. The molecule has 1 aromatic carbocycles. The van der Waals surface area contributed by atoms with E-state index in [1.807, 2.05) is 12.4 Å². The molecule has 1 aromatic heterocycles. The molecular weight excluding hydrogens is 256 g/mol. The molecule has 0 aliphatic rings. The summed E-state index contributed by atoms with van der Waals surface area (Å²) in [6.45, 7) is 7.73. The van der Waals surface area contributed by atoms with Crippen molar-refractivity contribution in [3.63, 3.8) is 0 Å². The summed E-state index contributed by atoms with van der Waals surface area (Å²) in [5, 5.41) is 3.63. The molecule has 2 aromatic rings. The quantitative estimate of drug-likeness (QED) is 0.815. The first-order chi connectivity index (χ1) is 10.2. The van der Waals surface area contributed by atoms with Crippen LogP contribution in [0.15, 0.2) is 48.8 Å². The number of nitrogens with zero attached hydrogens (tertiary/aromatic N) is 1. The molecule has 0 aliphatic heterocycles. The van der Waals surface area contributed by atoms with Gasteiger partial charge in [0.2, 0.25) is 0 Å². The molecule has 1 heterocycles. The molecule has 1 atom stereocenters. The Kier molecular flexibility index (Phi) is 5.94. The maximum atomic E-state index is 4.12. The van der Waals surface area contributed by atoms with Crippen molar-refractivity contribution in [1.82, 2.24) is 10.3 Å². The molecular formula is C19H26N2.